The standard InChI is InChI=1S/C15H19NO2S2/c17-7-2-1-3-13-6-10-20-14(13)15(18)16-11-12-4-8-19-9-5-12/h6,10,12,17H,2,4-5,7-9,11H2,(H,16,18). The van der Waals surface area contributed by atoms with Crippen molar-refractivity contribution in [3.63, 3.8) is 0 Å². The third-order valence-corrected chi connectivity index (χ3v) is 5.19. The molecule has 0 aromatic carbocycles. The molecule has 0 spiro atoms. The molecular formula is C15H19NO2S2. The summed E-state index contributed by atoms with van der Waals surface area (Å²) < 4.78 is 0. The minimum atomic E-state index is -0.0217. The van der Waals surface area contributed by atoms with Crippen LogP contribution in [0.5, 0.6) is 0 Å². The summed E-state index contributed by atoms with van der Waals surface area (Å²) in [5, 5.41) is 13.6. The number of carbonyl (C=O) groups is 1. The van der Waals surface area contributed by atoms with Crippen molar-refractivity contribution in [1.29, 1.82) is 0 Å². The lowest BCUT2D eigenvalue weighted by molar-refractivity contribution is 0.0950. The van der Waals surface area contributed by atoms with Crippen LogP contribution in [0.25, 0.3) is 0 Å². The van der Waals surface area contributed by atoms with Gasteiger partial charge in [0.05, 0.1) is 6.61 Å². The van der Waals surface area contributed by atoms with E-state index < -0.39 is 0 Å². The van der Waals surface area contributed by atoms with E-state index in [9.17, 15) is 4.79 Å². The molecule has 20 heavy (non-hydrogen) atoms. The van der Waals surface area contributed by atoms with Crippen LogP contribution in [0, 0.1) is 17.8 Å². The average molecular weight is 309 g/mol. The Morgan fingerprint density at radius 3 is 3.00 bits per heavy atom. The number of hydrogen-bond acceptors (Lipinski definition) is 4. The summed E-state index contributed by atoms with van der Waals surface area (Å²) in [6.45, 7) is 0.819. The first-order valence-corrected chi connectivity index (χ1v) is 8.88. The van der Waals surface area contributed by atoms with Gasteiger partial charge in [0, 0.05) is 18.5 Å². The molecular weight excluding hydrogens is 290 g/mol. The van der Waals surface area contributed by atoms with Crippen LogP contribution in [0.1, 0.15) is 34.5 Å². The van der Waals surface area contributed by atoms with E-state index in [-0.39, 0.29) is 12.5 Å². The number of amides is 1. The summed E-state index contributed by atoms with van der Waals surface area (Å²) in [6.07, 6.45) is 2.83. The van der Waals surface area contributed by atoms with Gasteiger partial charge in [0.25, 0.3) is 5.91 Å². The summed E-state index contributed by atoms with van der Waals surface area (Å²) in [7, 11) is 0. The molecule has 1 saturated heterocycles. The van der Waals surface area contributed by atoms with Crippen LogP contribution < -0.4 is 5.32 Å². The molecule has 1 aromatic rings. The first-order chi connectivity index (χ1) is 9.81. The second kappa shape index (κ2) is 8.35. The number of nitrogens with one attached hydrogen (secondary N) is 1. The van der Waals surface area contributed by atoms with Gasteiger partial charge in [-0.25, -0.2) is 0 Å². The van der Waals surface area contributed by atoms with Crippen molar-refractivity contribution in [2.45, 2.75) is 19.3 Å². The summed E-state index contributed by atoms with van der Waals surface area (Å²) in [6, 6.07) is 1.86. The maximum Gasteiger partial charge on any atom is 0.262 e. The molecule has 1 aromatic heterocycles. The van der Waals surface area contributed by atoms with Gasteiger partial charge in [-0.1, -0.05) is 11.8 Å². The van der Waals surface area contributed by atoms with Gasteiger partial charge in [0.15, 0.2) is 0 Å². The molecule has 5 heteroatoms. The van der Waals surface area contributed by atoms with Gasteiger partial charge in [0.2, 0.25) is 0 Å². The monoisotopic (exact) mass is 309 g/mol. The molecule has 0 unspecified atom stereocenters. The Kier molecular flexibility index (Phi) is 6.44. The molecule has 0 saturated carbocycles. The average Bonchev–Trinajstić information content (AvgIpc) is 2.95. The third-order valence-electron chi connectivity index (χ3n) is 3.22. The largest absolute Gasteiger partial charge is 0.395 e. The second-order valence-corrected chi connectivity index (χ2v) is 6.85. The van der Waals surface area contributed by atoms with Crippen molar-refractivity contribution >= 4 is 29.0 Å². The van der Waals surface area contributed by atoms with Crippen LogP contribution in [-0.4, -0.2) is 35.7 Å². The van der Waals surface area contributed by atoms with E-state index in [1.54, 1.807) is 0 Å². The molecule has 1 amide bonds. The minimum absolute atomic E-state index is 0.0217. The molecule has 0 atom stereocenters. The number of hydrogen-bond donors (Lipinski definition) is 2. The maximum absolute atomic E-state index is 12.2. The first kappa shape index (κ1) is 15.4. The van der Waals surface area contributed by atoms with Crippen molar-refractivity contribution < 1.29 is 9.90 Å². The molecule has 2 heterocycles. The van der Waals surface area contributed by atoms with E-state index >= 15 is 0 Å². The normalized spacial score (nSPS) is 15.4. The zero-order chi connectivity index (χ0) is 14.2. The quantitative estimate of drug-likeness (QED) is 0.840. The number of aliphatic hydroxyl groups is 1. The van der Waals surface area contributed by atoms with Gasteiger partial charge < -0.3 is 10.4 Å². The molecule has 0 aliphatic carbocycles. The summed E-state index contributed by atoms with van der Waals surface area (Å²) in [5.74, 6) is 8.82. The van der Waals surface area contributed by atoms with Crippen LogP contribution in [-0.2, 0) is 0 Å². The molecule has 1 aliphatic rings. The predicted octanol–water partition coefficient (Wildman–Crippen LogP) is 2.36. The van der Waals surface area contributed by atoms with Crippen molar-refractivity contribution in [1.82, 2.24) is 5.32 Å². The molecule has 0 radical (unpaired) electrons. The number of thiophene rings is 1. The fourth-order valence-electron chi connectivity index (χ4n) is 2.07. The first-order valence-electron chi connectivity index (χ1n) is 6.84. The molecule has 3 nitrogen and oxygen atoms in total. The minimum Gasteiger partial charge on any atom is -0.395 e. The highest BCUT2D eigenvalue weighted by molar-refractivity contribution is 7.99. The lowest BCUT2D eigenvalue weighted by Gasteiger charge is -2.21. The van der Waals surface area contributed by atoms with Crippen LogP contribution in [0.3, 0.4) is 0 Å². The van der Waals surface area contributed by atoms with Crippen molar-refractivity contribution in [2.75, 3.05) is 24.7 Å². The van der Waals surface area contributed by atoms with E-state index in [4.69, 9.17) is 5.11 Å². The van der Waals surface area contributed by atoms with Gasteiger partial charge in [-0.2, -0.15) is 11.8 Å². The molecule has 0 bridgehead atoms. The van der Waals surface area contributed by atoms with Crippen molar-refractivity contribution in [2.24, 2.45) is 5.92 Å². The predicted molar refractivity (Wildman–Crippen MR) is 85.3 cm³/mol. The molecule has 1 aliphatic heterocycles. The van der Waals surface area contributed by atoms with E-state index in [0.717, 1.165) is 12.1 Å². The Labute approximate surface area is 128 Å². The summed E-state index contributed by atoms with van der Waals surface area (Å²) >= 11 is 3.42. The highest BCUT2D eigenvalue weighted by Gasteiger charge is 2.16. The Bertz CT molecular complexity index is 495. The molecule has 2 rings (SSSR count). The molecule has 1 fully saturated rings. The van der Waals surface area contributed by atoms with E-state index in [1.165, 1.54) is 35.7 Å². The van der Waals surface area contributed by atoms with Crippen LogP contribution >= 0.6 is 23.1 Å². The lowest BCUT2D eigenvalue weighted by Crippen LogP contribution is -2.30. The number of rotatable bonds is 4. The highest BCUT2D eigenvalue weighted by Crippen LogP contribution is 2.22. The molecule has 108 valence electrons. The Morgan fingerprint density at radius 1 is 1.45 bits per heavy atom. The summed E-state index contributed by atoms with van der Waals surface area (Å²) in [4.78, 5) is 12.9. The van der Waals surface area contributed by atoms with Crippen LogP contribution in [0.4, 0.5) is 0 Å². The topological polar surface area (TPSA) is 49.3 Å². The third kappa shape index (κ3) is 4.55. The smallest absolute Gasteiger partial charge is 0.262 e. The van der Waals surface area contributed by atoms with E-state index in [2.05, 4.69) is 17.2 Å². The van der Waals surface area contributed by atoms with Gasteiger partial charge in [-0.3, -0.25) is 4.79 Å². The van der Waals surface area contributed by atoms with Gasteiger partial charge in [-0.15, -0.1) is 11.3 Å². The van der Waals surface area contributed by atoms with Crippen molar-refractivity contribution in [3.8, 4) is 11.8 Å². The second-order valence-electron chi connectivity index (χ2n) is 4.70. The maximum atomic E-state index is 12.2. The van der Waals surface area contributed by atoms with Gasteiger partial charge in [-0.05, 0) is 41.7 Å². The SMILES string of the molecule is O=C(NCC1CCSCC1)c1sccc1C#CCCO. The Balaban J connectivity index is 1.89. The zero-order valence-corrected chi connectivity index (χ0v) is 13.0. The van der Waals surface area contributed by atoms with Crippen LogP contribution in [0.2, 0.25) is 0 Å². The van der Waals surface area contributed by atoms with E-state index in [0.29, 0.717) is 17.2 Å². The Morgan fingerprint density at radius 2 is 2.25 bits per heavy atom. The molecule has 2 N–H and O–H groups in total. The summed E-state index contributed by atoms with van der Waals surface area (Å²) in [5.41, 5.74) is 0.764. The van der Waals surface area contributed by atoms with Gasteiger partial charge in [0.1, 0.15) is 4.88 Å². The fraction of sp³-hybridized carbons (Fsp3) is 0.533. The number of aliphatic hydroxyl groups excluding tert-OH is 1. The fourth-order valence-corrected chi connectivity index (χ4v) is 4.03. The van der Waals surface area contributed by atoms with Gasteiger partial charge >= 0.3 is 0 Å². The van der Waals surface area contributed by atoms with E-state index in [1.807, 2.05) is 23.2 Å². The number of thioether (sulfide) groups is 1. The highest BCUT2D eigenvalue weighted by atomic mass is 32.2. The lowest BCUT2D eigenvalue weighted by atomic mass is 10.0. The number of carbonyl (C=O) groups excluding carboxylic acids is 1. The zero-order valence-electron chi connectivity index (χ0n) is 11.4. The van der Waals surface area contributed by atoms with Crippen molar-refractivity contribution in [3.05, 3.63) is 21.9 Å². The van der Waals surface area contributed by atoms with Crippen LogP contribution in [0.15, 0.2) is 11.4 Å². The Hall–Kier alpha value is -0.960.